The van der Waals surface area contributed by atoms with Gasteiger partial charge in [-0.15, -0.1) is 0 Å². The molecule has 1 unspecified atom stereocenters. The third-order valence-corrected chi connectivity index (χ3v) is 7.62. The maximum atomic E-state index is 11.1. The Labute approximate surface area is 171 Å². The quantitative estimate of drug-likeness (QED) is 0.756. The van der Waals surface area contributed by atoms with Gasteiger partial charge in [0.1, 0.15) is 11.9 Å². The Bertz CT molecular complexity index is 895. The average molecular weight is 392 g/mol. The Hall–Kier alpha value is -2.33. The van der Waals surface area contributed by atoms with Gasteiger partial charge in [0.15, 0.2) is 0 Å². The number of benzene rings is 2. The number of carboxylic acids is 1. The molecule has 4 nitrogen and oxygen atoms in total. The van der Waals surface area contributed by atoms with Crippen molar-refractivity contribution in [3.8, 4) is 5.75 Å². The molecular formula is C25H28O4. The molecule has 4 aliphatic carbocycles. The first-order valence-corrected chi connectivity index (χ1v) is 10.7. The van der Waals surface area contributed by atoms with Crippen LogP contribution in [0.4, 0.5) is 0 Å². The molecule has 0 heterocycles. The van der Waals surface area contributed by atoms with Gasteiger partial charge in [0.2, 0.25) is 0 Å². The number of rotatable bonds is 5. The summed E-state index contributed by atoms with van der Waals surface area (Å²) in [5, 5.41) is 20.1. The van der Waals surface area contributed by atoms with E-state index >= 15 is 0 Å². The lowest BCUT2D eigenvalue weighted by atomic mass is 9.48. The van der Waals surface area contributed by atoms with Crippen LogP contribution in [0.2, 0.25) is 0 Å². The van der Waals surface area contributed by atoms with Crippen LogP contribution in [0.15, 0.2) is 42.5 Å². The van der Waals surface area contributed by atoms with Crippen LogP contribution in [-0.2, 0) is 5.41 Å². The topological polar surface area (TPSA) is 66.8 Å². The maximum Gasteiger partial charge on any atom is 0.335 e. The standard InChI is InChI=1S/C25H28O4/c1-29-22-7-6-20(23(26)18-2-4-19(5-3-18)24(27)28)11-21(22)25-12-15-8-16(13-25)10-17(9-15)14-25/h2-7,11,15-17,23,26H,8-10,12-14H2,1H3,(H,27,28). The van der Waals surface area contributed by atoms with Crippen molar-refractivity contribution in [2.45, 2.75) is 50.0 Å². The second-order valence-corrected chi connectivity index (χ2v) is 9.49. The zero-order valence-electron chi connectivity index (χ0n) is 16.8. The van der Waals surface area contributed by atoms with Crippen molar-refractivity contribution in [1.29, 1.82) is 0 Å². The predicted octanol–water partition coefficient (Wildman–Crippen LogP) is 4.94. The van der Waals surface area contributed by atoms with Crippen LogP contribution in [0.1, 0.15) is 71.7 Å². The van der Waals surface area contributed by atoms with Crippen LogP contribution in [0.5, 0.6) is 5.75 Å². The van der Waals surface area contributed by atoms with Gasteiger partial charge < -0.3 is 14.9 Å². The van der Waals surface area contributed by atoms with Gasteiger partial charge in [-0.3, -0.25) is 0 Å². The van der Waals surface area contributed by atoms with E-state index in [9.17, 15) is 9.90 Å². The van der Waals surface area contributed by atoms with Crippen molar-refractivity contribution in [3.05, 3.63) is 64.7 Å². The lowest BCUT2D eigenvalue weighted by molar-refractivity contribution is -0.00624. The van der Waals surface area contributed by atoms with E-state index in [0.29, 0.717) is 5.56 Å². The third-order valence-electron chi connectivity index (χ3n) is 7.62. The molecular weight excluding hydrogens is 364 g/mol. The fraction of sp³-hybridized carbons (Fsp3) is 0.480. The summed E-state index contributed by atoms with van der Waals surface area (Å²) >= 11 is 0. The Kier molecular flexibility index (Phi) is 4.43. The molecule has 152 valence electrons. The molecule has 0 radical (unpaired) electrons. The number of hydrogen-bond acceptors (Lipinski definition) is 3. The minimum Gasteiger partial charge on any atom is -0.496 e. The van der Waals surface area contributed by atoms with E-state index in [1.165, 1.54) is 44.1 Å². The molecule has 4 saturated carbocycles. The molecule has 6 rings (SSSR count). The number of methoxy groups -OCH3 is 1. The summed E-state index contributed by atoms with van der Waals surface area (Å²) in [6, 6.07) is 12.6. The summed E-state index contributed by atoms with van der Waals surface area (Å²) in [6.07, 6.45) is 7.10. The zero-order valence-corrected chi connectivity index (χ0v) is 16.8. The first kappa shape index (κ1) is 18.7. The first-order valence-electron chi connectivity index (χ1n) is 10.7. The largest absolute Gasteiger partial charge is 0.496 e. The highest BCUT2D eigenvalue weighted by molar-refractivity contribution is 5.87. The van der Waals surface area contributed by atoms with Crippen molar-refractivity contribution >= 4 is 5.97 Å². The number of aliphatic hydroxyl groups is 1. The van der Waals surface area contributed by atoms with Gasteiger partial charge >= 0.3 is 5.97 Å². The zero-order chi connectivity index (χ0) is 20.2. The molecule has 29 heavy (non-hydrogen) atoms. The highest BCUT2D eigenvalue weighted by atomic mass is 16.5. The van der Waals surface area contributed by atoms with Gasteiger partial charge in [-0.25, -0.2) is 4.79 Å². The van der Waals surface area contributed by atoms with Crippen LogP contribution in [-0.4, -0.2) is 23.3 Å². The average Bonchev–Trinajstić information content (AvgIpc) is 2.72. The van der Waals surface area contributed by atoms with Crippen LogP contribution in [0, 0.1) is 17.8 Å². The molecule has 4 fully saturated rings. The number of hydrogen-bond donors (Lipinski definition) is 2. The van der Waals surface area contributed by atoms with Crippen molar-refractivity contribution in [3.63, 3.8) is 0 Å². The Morgan fingerprint density at radius 3 is 2.03 bits per heavy atom. The van der Waals surface area contributed by atoms with Crippen LogP contribution in [0.3, 0.4) is 0 Å². The van der Waals surface area contributed by atoms with Gasteiger partial charge in [0.25, 0.3) is 0 Å². The van der Waals surface area contributed by atoms with E-state index in [1.54, 1.807) is 31.4 Å². The highest BCUT2D eigenvalue weighted by Crippen LogP contribution is 2.62. The third kappa shape index (κ3) is 3.14. The minimum atomic E-state index is -0.959. The van der Waals surface area contributed by atoms with E-state index in [-0.39, 0.29) is 11.0 Å². The predicted molar refractivity (Wildman–Crippen MR) is 110 cm³/mol. The molecule has 0 amide bonds. The highest BCUT2D eigenvalue weighted by Gasteiger charge is 2.52. The number of ether oxygens (including phenoxy) is 1. The fourth-order valence-electron chi connectivity index (χ4n) is 6.75. The van der Waals surface area contributed by atoms with Gasteiger partial charge in [0.05, 0.1) is 12.7 Å². The molecule has 4 bridgehead atoms. The molecule has 0 spiro atoms. The Morgan fingerprint density at radius 1 is 0.966 bits per heavy atom. The van der Waals surface area contributed by atoms with E-state index in [0.717, 1.165) is 29.1 Å². The van der Waals surface area contributed by atoms with Crippen LogP contribution < -0.4 is 4.74 Å². The normalized spacial score (nSPS) is 30.9. The molecule has 4 heteroatoms. The van der Waals surface area contributed by atoms with Crippen LogP contribution in [0.25, 0.3) is 0 Å². The molecule has 0 aliphatic heterocycles. The summed E-state index contributed by atoms with van der Waals surface area (Å²) in [4.78, 5) is 11.1. The summed E-state index contributed by atoms with van der Waals surface area (Å²) in [5.74, 6) is 2.48. The smallest absolute Gasteiger partial charge is 0.335 e. The van der Waals surface area contributed by atoms with Crippen LogP contribution >= 0.6 is 0 Å². The number of aliphatic hydroxyl groups excluding tert-OH is 1. The molecule has 0 saturated heterocycles. The van der Waals surface area contributed by atoms with Gasteiger partial charge in [0, 0.05) is 5.56 Å². The van der Waals surface area contributed by atoms with Gasteiger partial charge in [-0.1, -0.05) is 18.2 Å². The number of carboxylic acid groups (broad SMARTS) is 1. The van der Waals surface area contributed by atoms with Crippen molar-refractivity contribution in [1.82, 2.24) is 0 Å². The maximum absolute atomic E-state index is 11.1. The van der Waals surface area contributed by atoms with E-state index < -0.39 is 12.1 Å². The van der Waals surface area contributed by atoms with Gasteiger partial charge in [-0.2, -0.15) is 0 Å². The van der Waals surface area contributed by atoms with E-state index in [1.807, 2.05) is 12.1 Å². The van der Waals surface area contributed by atoms with Crippen molar-refractivity contribution < 1.29 is 19.7 Å². The summed E-state index contributed by atoms with van der Waals surface area (Å²) in [5.41, 5.74) is 3.22. The summed E-state index contributed by atoms with van der Waals surface area (Å²) in [6.45, 7) is 0. The molecule has 2 N–H and O–H groups in total. The van der Waals surface area contributed by atoms with Crippen molar-refractivity contribution in [2.75, 3.05) is 7.11 Å². The van der Waals surface area contributed by atoms with Crippen molar-refractivity contribution in [2.24, 2.45) is 17.8 Å². The minimum absolute atomic E-state index is 0.184. The SMILES string of the molecule is COc1ccc(C(O)c2ccc(C(=O)O)cc2)cc1C12CC3CC(CC(C3)C1)C2. The summed E-state index contributed by atoms with van der Waals surface area (Å²) in [7, 11) is 1.74. The lowest BCUT2D eigenvalue weighted by Gasteiger charge is -2.57. The molecule has 1 atom stereocenters. The van der Waals surface area contributed by atoms with E-state index in [4.69, 9.17) is 9.84 Å². The second-order valence-electron chi connectivity index (χ2n) is 9.49. The molecule has 4 aliphatic rings. The lowest BCUT2D eigenvalue weighted by Crippen LogP contribution is -2.48. The second kappa shape index (κ2) is 6.88. The van der Waals surface area contributed by atoms with E-state index in [2.05, 4.69) is 6.07 Å². The Balaban J connectivity index is 1.51. The monoisotopic (exact) mass is 392 g/mol. The molecule has 2 aromatic carbocycles. The first-order chi connectivity index (χ1) is 14.0. The molecule has 2 aromatic rings. The number of carbonyl (C=O) groups is 1. The van der Waals surface area contributed by atoms with Gasteiger partial charge in [-0.05, 0) is 97.1 Å². The fourth-order valence-corrected chi connectivity index (χ4v) is 6.75. The summed E-state index contributed by atoms with van der Waals surface area (Å²) < 4.78 is 5.77. The number of aromatic carboxylic acids is 1. The Morgan fingerprint density at radius 2 is 1.52 bits per heavy atom. The molecule has 0 aromatic heterocycles.